The highest BCUT2D eigenvalue weighted by molar-refractivity contribution is 5.62. The molecule has 0 radical (unpaired) electrons. The van der Waals surface area contributed by atoms with Crippen LogP contribution in [-0.4, -0.2) is 72.8 Å². The van der Waals surface area contributed by atoms with Crippen molar-refractivity contribution >= 4 is 11.5 Å². The van der Waals surface area contributed by atoms with Crippen molar-refractivity contribution in [3.63, 3.8) is 0 Å². The molecule has 1 aliphatic carbocycles. The smallest absolute Gasteiger partial charge is 0.318 e. The molecule has 0 saturated carbocycles. The van der Waals surface area contributed by atoms with Gasteiger partial charge in [0.2, 0.25) is 0 Å². The SMILES string of the molecule is CN1CCC[C@H]1COc1nc2c(c(N3CC4CCC(C3)N4)n1)CCN(c1cccc3c1C(CC#N)CCC3)C2. The summed E-state index contributed by atoms with van der Waals surface area (Å²) in [6, 6.07) is 11.3. The molecule has 4 aliphatic heterocycles. The van der Waals surface area contributed by atoms with Crippen molar-refractivity contribution in [2.24, 2.45) is 0 Å². The summed E-state index contributed by atoms with van der Waals surface area (Å²) in [6.45, 7) is 5.52. The van der Waals surface area contributed by atoms with Gasteiger partial charge in [0.1, 0.15) is 12.4 Å². The average Bonchev–Trinajstić information content (AvgIpc) is 3.53. The van der Waals surface area contributed by atoms with Crippen molar-refractivity contribution in [1.29, 1.82) is 5.26 Å². The maximum Gasteiger partial charge on any atom is 0.318 e. The van der Waals surface area contributed by atoms with Gasteiger partial charge in [0.05, 0.1) is 18.3 Å². The Kier molecular flexibility index (Phi) is 6.82. The Labute approximate surface area is 232 Å². The highest BCUT2D eigenvalue weighted by atomic mass is 16.5. The molecule has 0 spiro atoms. The Balaban J connectivity index is 1.21. The van der Waals surface area contributed by atoms with Gasteiger partial charge in [0.25, 0.3) is 0 Å². The topological polar surface area (TPSA) is 80.6 Å². The molecule has 39 heavy (non-hydrogen) atoms. The second kappa shape index (κ2) is 10.6. The van der Waals surface area contributed by atoms with Gasteiger partial charge in [-0.15, -0.1) is 0 Å². The number of likely N-dealkylation sites (N-methyl/N-ethyl adjacent to an activating group) is 1. The Morgan fingerprint density at radius 3 is 2.69 bits per heavy atom. The van der Waals surface area contributed by atoms with Crippen LogP contribution in [0.5, 0.6) is 6.01 Å². The Hall–Kier alpha value is -2.89. The van der Waals surface area contributed by atoms with Gasteiger partial charge in [-0.25, -0.2) is 0 Å². The first-order valence-electron chi connectivity index (χ1n) is 15.1. The fourth-order valence-electron chi connectivity index (χ4n) is 7.81. The van der Waals surface area contributed by atoms with Gasteiger partial charge in [-0.3, -0.25) is 0 Å². The Morgan fingerprint density at radius 2 is 1.90 bits per heavy atom. The first-order valence-corrected chi connectivity index (χ1v) is 15.1. The van der Waals surface area contributed by atoms with Gasteiger partial charge in [0.15, 0.2) is 0 Å². The average molecular weight is 528 g/mol. The standard InChI is InChI=1S/C31H41N7O/c1-36-15-4-8-25(36)20-39-31-34-27-19-37(28-9-3-7-21-5-2-6-22(12-14-32)29(21)28)16-13-26(27)30(35-31)38-17-23-10-11-24(18-38)33-23/h3,7,9,22-25,33H,2,4-6,8,10-13,15-20H2,1H3/t22?,23?,24?,25-/m0/s1. The van der Waals surface area contributed by atoms with Crippen LogP contribution in [0.4, 0.5) is 11.5 Å². The molecule has 1 N–H and O–H groups in total. The lowest BCUT2D eigenvalue weighted by atomic mass is 9.80. The van der Waals surface area contributed by atoms with Gasteiger partial charge in [-0.05, 0) is 88.1 Å². The summed E-state index contributed by atoms with van der Waals surface area (Å²) >= 11 is 0. The van der Waals surface area contributed by atoms with E-state index in [1.807, 2.05) is 0 Å². The zero-order chi connectivity index (χ0) is 26.3. The van der Waals surface area contributed by atoms with Crippen LogP contribution in [0.2, 0.25) is 0 Å². The lowest BCUT2D eigenvalue weighted by Crippen LogP contribution is -2.52. The molecule has 3 unspecified atom stereocenters. The number of nitriles is 1. The number of anilines is 2. The highest BCUT2D eigenvalue weighted by Gasteiger charge is 2.36. The largest absolute Gasteiger partial charge is 0.462 e. The van der Waals surface area contributed by atoms with E-state index in [2.05, 4.69) is 51.3 Å². The summed E-state index contributed by atoms with van der Waals surface area (Å²) < 4.78 is 6.35. The number of nitrogens with one attached hydrogen (secondary N) is 1. The van der Waals surface area contributed by atoms with Gasteiger partial charge >= 0.3 is 6.01 Å². The van der Waals surface area contributed by atoms with Crippen molar-refractivity contribution in [3.05, 3.63) is 40.6 Å². The molecule has 206 valence electrons. The van der Waals surface area contributed by atoms with Crippen LogP contribution in [0, 0.1) is 11.3 Å². The third-order valence-electron chi connectivity index (χ3n) is 9.87. The fourth-order valence-corrected chi connectivity index (χ4v) is 7.81. The molecule has 1 aromatic carbocycles. The number of likely N-dealkylation sites (tertiary alicyclic amines) is 1. The molecule has 2 bridgehead atoms. The Bertz CT molecular complexity index is 1250. The molecule has 5 heterocycles. The summed E-state index contributed by atoms with van der Waals surface area (Å²) in [5.41, 5.74) is 6.54. The maximum atomic E-state index is 9.54. The van der Waals surface area contributed by atoms with Crippen molar-refractivity contribution in [2.75, 3.05) is 49.6 Å². The van der Waals surface area contributed by atoms with Crippen LogP contribution in [0.3, 0.4) is 0 Å². The summed E-state index contributed by atoms with van der Waals surface area (Å²) in [5, 5.41) is 13.3. The van der Waals surface area contributed by atoms with E-state index in [0.29, 0.717) is 43.1 Å². The van der Waals surface area contributed by atoms with Crippen molar-refractivity contribution < 1.29 is 4.74 Å². The van der Waals surface area contributed by atoms with Crippen LogP contribution >= 0.6 is 0 Å². The maximum absolute atomic E-state index is 9.54. The highest BCUT2D eigenvalue weighted by Crippen LogP contribution is 2.42. The minimum atomic E-state index is 0.330. The van der Waals surface area contributed by atoms with Crippen LogP contribution in [0.15, 0.2) is 18.2 Å². The van der Waals surface area contributed by atoms with Crippen molar-refractivity contribution in [2.45, 2.75) is 88.4 Å². The molecule has 1 aromatic heterocycles. The molecule has 3 saturated heterocycles. The number of aromatic nitrogens is 2. The van der Waals surface area contributed by atoms with E-state index in [4.69, 9.17) is 14.7 Å². The number of ether oxygens (including phenoxy) is 1. The van der Waals surface area contributed by atoms with E-state index in [1.165, 1.54) is 54.5 Å². The number of nitrogens with zero attached hydrogens (tertiary/aromatic N) is 6. The Morgan fingerprint density at radius 1 is 1.03 bits per heavy atom. The van der Waals surface area contributed by atoms with E-state index in [1.54, 1.807) is 0 Å². The predicted molar refractivity (Wildman–Crippen MR) is 152 cm³/mol. The molecule has 0 amide bonds. The van der Waals surface area contributed by atoms with Gasteiger partial charge in [0, 0.05) is 55.4 Å². The number of benzene rings is 1. The zero-order valence-corrected chi connectivity index (χ0v) is 23.2. The van der Waals surface area contributed by atoms with Gasteiger partial charge in [-0.1, -0.05) is 12.1 Å². The monoisotopic (exact) mass is 527 g/mol. The number of aryl methyl sites for hydroxylation is 1. The second-order valence-corrected chi connectivity index (χ2v) is 12.4. The van der Waals surface area contributed by atoms with E-state index < -0.39 is 0 Å². The minimum Gasteiger partial charge on any atom is -0.462 e. The van der Waals surface area contributed by atoms with Crippen molar-refractivity contribution in [1.82, 2.24) is 20.2 Å². The van der Waals surface area contributed by atoms with Crippen LogP contribution in [-0.2, 0) is 19.4 Å². The minimum absolute atomic E-state index is 0.330. The fraction of sp³-hybridized carbons (Fsp3) is 0.645. The molecular formula is C31H41N7O. The number of fused-ring (bicyclic) bond motifs is 4. The van der Waals surface area contributed by atoms with Crippen molar-refractivity contribution in [3.8, 4) is 12.1 Å². The van der Waals surface area contributed by atoms with Gasteiger partial charge in [-0.2, -0.15) is 15.2 Å². The van der Waals surface area contributed by atoms with Crippen LogP contribution in [0.25, 0.3) is 0 Å². The summed E-state index contributed by atoms with van der Waals surface area (Å²) in [5.74, 6) is 1.43. The van der Waals surface area contributed by atoms with Gasteiger partial charge < -0.3 is 24.8 Å². The second-order valence-electron chi connectivity index (χ2n) is 12.4. The van der Waals surface area contributed by atoms with Crippen LogP contribution in [0.1, 0.15) is 73.2 Å². The zero-order valence-electron chi connectivity index (χ0n) is 23.2. The number of piperazine rings is 1. The number of hydrogen-bond donors (Lipinski definition) is 1. The molecule has 8 nitrogen and oxygen atoms in total. The normalized spacial score (nSPS) is 28.2. The summed E-state index contributed by atoms with van der Waals surface area (Å²) in [4.78, 5) is 17.6. The van der Waals surface area contributed by atoms with E-state index in [-0.39, 0.29) is 0 Å². The first-order chi connectivity index (χ1) is 19.2. The molecule has 3 fully saturated rings. The lowest BCUT2D eigenvalue weighted by Gasteiger charge is -2.38. The quantitative estimate of drug-likeness (QED) is 0.608. The van der Waals surface area contributed by atoms with E-state index in [0.717, 1.165) is 63.5 Å². The molecular weight excluding hydrogens is 486 g/mol. The number of rotatable bonds is 6. The first kappa shape index (κ1) is 25.1. The predicted octanol–water partition coefficient (Wildman–Crippen LogP) is 3.79. The number of hydrogen-bond acceptors (Lipinski definition) is 8. The summed E-state index contributed by atoms with van der Waals surface area (Å²) in [6.07, 6.45) is 9.83. The molecule has 2 aromatic rings. The third-order valence-corrected chi connectivity index (χ3v) is 9.87. The van der Waals surface area contributed by atoms with E-state index >= 15 is 0 Å². The van der Waals surface area contributed by atoms with E-state index in [9.17, 15) is 5.26 Å². The molecule has 7 rings (SSSR count). The third kappa shape index (κ3) is 4.85. The lowest BCUT2D eigenvalue weighted by molar-refractivity contribution is 0.187. The molecule has 4 atom stereocenters. The molecule has 5 aliphatic rings. The van der Waals surface area contributed by atoms with Crippen LogP contribution < -0.4 is 19.9 Å². The summed E-state index contributed by atoms with van der Waals surface area (Å²) in [7, 11) is 2.19. The molecule has 8 heteroatoms.